The van der Waals surface area contributed by atoms with Gasteiger partial charge in [-0.3, -0.25) is 0 Å². The second-order valence-electron chi connectivity index (χ2n) is 10.6. The van der Waals surface area contributed by atoms with Gasteiger partial charge in [0.25, 0.3) is 0 Å². The molecule has 0 aromatic carbocycles. The largest absolute Gasteiger partial charge is 0.414 e. The molecule has 0 saturated carbocycles. The summed E-state index contributed by atoms with van der Waals surface area (Å²) >= 11 is 0. The third kappa shape index (κ3) is 6.96. The summed E-state index contributed by atoms with van der Waals surface area (Å²) in [5, 5.41) is 0.447. The van der Waals surface area contributed by atoms with E-state index in [0.29, 0.717) is 5.92 Å². The summed E-state index contributed by atoms with van der Waals surface area (Å²) < 4.78 is 13.6. The molecule has 0 heterocycles. The molecular weight excluding hydrogens is 340 g/mol. The van der Waals surface area contributed by atoms with Gasteiger partial charge < -0.3 is 8.85 Å². The maximum Gasteiger partial charge on any atom is 0.192 e. The van der Waals surface area contributed by atoms with Crippen LogP contribution in [-0.4, -0.2) is 28.8 Å². The second-order valence-corrected chi connectivity index (χ2v) is 20.1. The Kier molecular flexibility index (Phi) is 8.89. The average Bonchev–Trinajstić information content (AvgIpc) is 2.40. The van der Waals surface area contributed by atoms with E-state index in [1.165, 1.54) is 0 Å². The zero-order valence-electron chi connectivity index (χ0n) is 19.2. The fraction of sp³-hybridized carbons (Fsp3) is 0.905. The highest BCUT2D eigenvalue weighted by Crippen LogP contribution is 2.41. The van der Waals surface area contributed by atoms with Crippen molar-refractivity contribution in [3.8, 4) is 0 Å². The van der Waals surface area contributed by atoms with Crippen LogP contribution in [0.5, 0.6) is 0 Å². The van der Waals surface area contributed by atoms with Crippen molar-refractivity contribution in [2.45, 2.75) is 117 Å². The predicted molar refractivity (Wildman–Crippen MR) is 118 cm³/mol. The maximum atomic E-state index is 6.79. The zero-order chi connectivity index (χ0) is 20.3. The first-order chi connectivity index (χ1) is 11.0. The molecule has 25 heavy (non-hydrogen) atoms. The predicted octanol–water partition coefficient (Wildman–Crippen LogP) is 7.39. The van der Waals surface area contributed by atoms with Crippen molar-refractivity contribution < 1.29 is 8.85 Å². The lowest BCUT2D eigenvalue weighted by Gasteiger charge is -2.45. The van der Waals surface area contributed by atoms with Crippen molar-refractivity contribution in [2.24, 2.45) is 5.92 Å². The van der Waals surface area contributed by atoms with Crippen LogP contribution in [0.25, 0.3) is 0 Å². The number of hydrogen-bond acceptors (Lipinski definition) is 2. The maximum absolute atomic E-state index is 6.79. The summed E-state index contributed by atoms with van der Waals surface area (Å²) in [4.78, 5) is 0. The highest BCUT2D eigenvalue weighted by molar-refractivity contribution is 6.74. The Labute approximate surface area is 161 Å². The molecule has 0 rings (SSSR count). The molecule has 0 bridgehead atoms. The van der Waals surface area contributed by atoms with Gasteiger partial charge in [-0.25, -0.2) is 0 Å². The molecule has 0 aliphatic heterocycles. The molecule has 0 aliphatic rings. The second kappa shape index (κ2) is 8.85. The Morgan fingerprint density at radius 2 is 1.20 bits per heavy atom. The molecule has 150 valence electrons. The van der Waals surface area contributed by atoms with Gasteiger partial charge in [0.05, 0.1) is 6.10 Å². The van der Waals surface area contributed by atoms with E-state index in [-0.39, 0.29) is 22.3 Å². The first-order valence-corrected chi connectivity index (χ1v) is 15.8. The molecule has 4 heteroatoms. The Bertz CT molecular complexity index is 417. The Morgan fingerprint density at radius 3 is 1.48 bits per heavy atom. The topological polar surface area (TPSA) is 18.5 Å². The van der Waals surface area contributed by atoms with Crippen molar-refractivity contribution in [1.82, 2.24) is 0 Å². The summed E-state index contributed by atoms with van der Waals surface area (Å²) in [5.74, 6) is 0.367. The smallest absolute Gasteiger partial charge is 0.192 e. The van der Waals surface area contributed by atoms with E-state index < -0.39 is 16.6 Å². The van der Waals surface area contributed by atoms with Crippen molar-refractivity contribution in [1.29, 1.82) is 0 Å². The minimum absolute atomic E-state index is 0.188. The van der Waals surface area contributed by atoms with E-state index >= 15 is 0 Å². The van der Waals surface area contributed by atoms with Gasteiger partial charge in [0.2, 0.25) is 0 Å². The van der Waals surface area contributed by atoms with E-state index in [1.807, 2.05) is 6.08 Å². The van der Waals surface area contributed by atoms with Gasteiger partial charge in [0, 0.05) is 12.0 Å². The van der Waals surface area contributed by atoms with Crippen LogP contribution in [0.2, 0.25) is 36.3 Å². The molecule has 0 fully saturated rings. The van der Waals surface area contributed by atoms with Gasteiger partial charge in [0.15, 0.2) is 16.6 Å². The van der Waals surface area contributed by atoms with Gasteiger partial charge in [-0.1, -0.05) is 61.5 Å². The van der Waals surface area contributed by atoms with Crippen LogP contribution in [0.1, 0.15) is 68.2 Å². The Balaban J connectivity index is 5.42. The highest BCUT2D eigenvalue weighted by Gasteiger charge is 2.43. The lowest BCUT2D eigenvalue weighted by Crippen LogP contribution is -2.50. The molecule has 0 aliphatic carbocycles. The highest BCUT2D eigenvalue weighted by atomic mass is 28.4. The van der Waals surface area contributed by atoms with Crippen molar-refractivity contribution >= 4 is 16.6 Å². The average molecular weight is 387 g/mol. The Morgan fingerprint density at radius 1 is 0.840 bits per heavy atom. The molecule has 0 unspecified atom stereocenters. The molecule has 3 atom stereocenters. The van der Waals surface area contributed by atoms with Crippen LogP contribution in [0.3, 0.4) is 0 Å². The zero-order valence-corrected chi connectivity index (χ0v) is 21.2. The normalized spacial score (nSPS) is 17.9. The van der Waals surface area contributed by atoms with E-state index in [1.54, 1.807) is 0 Å². The molecular formula is C21H46O2Si2. The van der Waals surface area contributed by atoms with Crippen LogP contribution in [0, 0.1) is 5.92 Å². The molecule has 0 N–H and O–H groups in total. The minimum atomic E-state index is -1.81. The van der Waals surface area contributed by atoms with Crippen molar-refractivity contribution in [3.63, 3.8) is 0 Å². The lowest BCUT2D eigenvalue weighted by atomic mass is 9.94. The monoisotopic (exact) mass is 386 g/mol. The standard InChI is InChI=1S/C21H46O2Si2/c1-14-16-19(23-25(12,13)21(7,8)9)17(3)18(15-2)22-24(10,11)20(4,5)6/h14,17-19H,1,15-16H2,2-13H3/t17-,18+,19+/m0/s1. The summed E-state index contributed by atoms with van der Waals surface area (Å²) in [6.07, 6.45) is 4.37. The van der Waals surface area contributed by atoms with E-state index in [4.69, 9.17) is 8.85 Å². The van der Waals surface area contributed by atoms with E-state index in [2.05, 4.69) is 88.2 Å². The SMILES string of the molecule is C=CC[C@@H](O[Si](C)(C)C(C)(C)C)[C@@H](C)[C@@H](CC)O[Si](C)(C)C(C)(C)C. The first-order valence-electron chi connectivity index (χ1n) is 9.96. The Hall–Kier alpha value is 0.0938. The van der Waals surface area contributed by atoms with Gasteiger partial charge in [-0.15, -0.1) is 6.58 Å². The summed E-state index contributed by atoms with van der Waals surface area (Å²) in [7, 11) is -3.60. The fourth-order valence-corrected chi connectivity index (χ4v) is 5.36. The molecule has 0 aromatic heterocycles. The van der Waals surface area contributed by atoms with Crippen molar-refractivity contribution in [3.05, 3.63) is 12.7 Å². The molecule has 0 aromatic rings. The van der Waals surface area contributed by atoms with Crippen LogP contribution in [-0.2, 0) is 8.85 Å². The quantitative estimate of drug-likeness (QED) is 0.304. The molecule has 0 saturated heterocycles. The fourth-order valence-electron chi connectivity index (χ4n) is 2.45. The van der Waals surface area contributed by atoms with Gasteiger partial charge >= 0.3 is 0 Å². The van der Waals surface area contributed by atoms with Gasteiger partial charge in [-0.2, -0.15) is 0 Å². The molecule has 0 radical (unpaired) electrons. The van der Waals surface area contributed by atoms with Crippen LogP contribution >= 0.6 is 0 Å². The first kappa shape index (κ1) is 25.1. The third-order valence-corrected chi connectivity index (χ3v) is 15.5. The van der Waals surface area contributed by atoms with Crippen LogP contribution < -0.4 is 0 Å². The lowest BCUT2D eigenvalue weighted by molar-refractivity contribution is 0.0345. The van der Waals surface area contributed by atoms with E-state index in [9.17, 15) is 0 Å². The molecule has 0 amide bonds. The summed E-state index contributed by atoms with van der Waals surface area (Å²) in [6, 6.07) is 0. The molecule has 2 nitrogen and oxygen atoms in total. The van der Waals surface area contributed by atoms with Crippen molar-refractivity contribution in [2.75, 3.05) is 0 Å². The summed E-state index contributed by atoms with van der Waals surface area (Å²) in [6.45, 7) is 31.7. The molecule has 0 spiro atoms. The third-order valence-electron chi connectivity index (χ3n) is 6.48. The van der Waals surface area contributed by atoms with Gasteiger partial charge in [-0.05, 0) is 49.1 Å². The number of hydrogen-bond donors (Lipinski definition) is 0. The van der Waals surface area contributed by atoms with Gasteiger partial charge in [0.1, 0.15) is 0 Å². The van der Waals surface area contributed by atoms with E-state index in [0.717, 1.165) is 12.8 Å². The van der Waals surface area contributed by atoms with Crippen LogP contribution in [0.15, 0.2) is 12.7 Å². The summed E-state index contributed by atoms with van der Waals surface area (Å²) in [5.41, 5.74) is 0. The number of rotatable bonds is 9. The minimum Gasteiger partial charge on any atom is -0.414 e. The van der Waals surface area contributed by atoms with Crippen LogP contribution in [0.4, 0.5) is 0 Å².